The quantitative estimate of drug-likeness (QED) is 0.909. The van der Waals surface area contributed by atoms with Gasteiger partial charge in [0.1, 0.15) is 5.54 Å². The molecule has 4 heteroatoms. The van der Waals surface area contributed by atoms with Crippen molar-refractivity contribution in [1.82, 2.24) is 15.1 Å². The summed E-state index contributed by atoms with van der Waals surface area (Å²) in [7, 11) is 0. The van der Waals surface area contributed by atoms with Crippen LogP contribution >= 0.6 is 0 Å². The van der Waals surface area contributed by atoms with Gasteiger partial charge >= 0.3 is 0 Å². The van der Waals surface area contributed by atoms with Gasteiger partial charge in [0.05, 0.1) is 17.8 Å². The Morgan fingerprint density at radius 1 is 1.53 bits per heavy atom. The van der Waals surface area contributed by atoms with Crippen molar-refractivity contribution in [1.29, 1.82) is 5.26 Å². The fraction of sp³-hybridized carbons (Fsp3) is 0.733. The number of aryl methyl sites for hydroxylation is 2. The Labute approximate surface area is 115 Å². The monoisotopic (exact) mass is 260 g/mol. The van der Waals surface area contributed by atoms with Crippen LogP contribution in [0, 0.1) is 25.2 Å². The first-order valence-corrected chi connectivity index (χ1v) is 7.17. The van der Waals surface area contributed by atoms with Crippen LogP contribution < -0.4 is 5.32 Å². The lowest BCUT2D eigenvalue weighted by molar-refractivity contribution is 0.207. The molecule has 1 fully saturated rings. The standard InChI is InChI=1S/C15H24N4/c1-11(2)17-15(10-16)7-5-6-14(9-15)19-13(4)8-12(3)18-19/h8,11,14,17H,5-7,9H2,1-4H3. The van der Waals surface area contributed by atoms with Crippen molar-refractivity contribution < 1.29 is 0 Å². The van der Waals surface area contributed by atoms with E-state index in [1.165, 1.54) is 5.69 Å². The molecule has 1 saturated carbocycles. The van der Waals surface area contributed by atoms with E-state index in [0.29, 0.717) is 12.1 Å². The highest BCUT2D eigenvalue weighted by Crippen LogP contribution is 2.36. The molecular weight excluding hydrogens is 236 g/mol. The summed E-state index contributed by atoms with van der Waals surface area (Å²) in [6.45, 7) is 8.33. The van der Waals surface area contributed by atoms with Gasteiger partial charge < -0.3 is 0 Å². The zero-order valence-electron chi connectivity index (χ0n) is 12.4. The van der Waals surface area contributed by atoms with Crippen LogP contribution in [0.1, 0.15) is 57.0 Å². The summed E-state index contributed by atoms with van der Waals surface area (Å²) >= 11 is 0. The molecule has 1 N–H and O–H groups in total. The van der Waals surface area contributed by atoms with E-state index in [1.54, 1.807) is 0 Å². The molecular formula is C15H24N4. The van der Waals surface area contributed by atoms with Gasteiger partial charge in [-0.25, -0.2) is 0 Å². The molecule has 19 heavy (non-hydrogen) atoms. The van der Waals surface area contributed by atoms with Crippen LogP contribution in [0.15, 0.2) is 6.07 Å². The maximum Gasteiger partial charge on any atom is 0.109 e. The number of rotatable bonds is 3. The normalized spacial score (nSPS) is 27.5. The van der Waals surface area contributed by atoms with E-state index in [2.05, 4.69) is 48.0 Å². The lowest BCUT2D eigenvalue weighted by Gasteiger charge is -2.38. The Bertz CT molecular complexity index is 483. The van der Waals surface area contributed by atoms with Crippen molar-refractivity contribution in [3.8, 4) is 6.07 Å². The molecule has 0 spiro atoms. The van der Waals surface area contributed by atoms with Crippen LogP contribution in [-0.2, 0) is 0 Å². The molecule has 0 amide bonds. The molecule has 1 aromatic heterocycles. The van der Waals surface area contributed by atoms with Gasteiger partial charge in [0.2, 0.25) is 0 Å². The van der Waals surface area contributed by atoms with E-state index >= 15 is 0 Å². The second-order valence-corrected chi connectivity index (χ2v) is 6.11. The van der Waals surface area contributed by atoms with E-state index in [9.17, 15) is 5.26 Å². The molecule has 1 heterocycles. The van der Waals surface area contributed by atoms with E-state index in [1.807, 2.05) is 6.92 Å². The summed E-state index contributed by atoms with van der Waals surface area (Å²) < 4.78 is 2.11. The highest BCUT2D eigenvalue weighted by atomic mass is 15.3. The Balaban J connectivity index is 2.21. The summed E-state index contributed by atoms with van der Waals surface area (Å²) in [5.74, 6) is 0. The maximum atomic E-state index is 9.59. The van der Waals surface area contributed by atoms with E-state index in [4.69, 9.17) is 0 Å². The van der Waals surface area contributed by atoms with Crippen molar-refractivity contribution in [2.75, 3.05) is 0 Å². The van der Waals surface area contributed by atoms with E-state index < -0.39 is 0 Å². The first-order chi connectivity index (χ1) is 8.96. The number of nitriles is 1. The summed E-state index contributed by atoms with van der Waals surface area (Å²) in [6.07, 6.45) is 3.99. The fourth-order valence-corrected chi connectivity index (χ4v) is 3.29. The van der Waals surface area contributed by atoms with Crippen molar-refractivity contribution in [2.24, 2.45) is 0 Å². The van der Waals surface area contributed by atoms with Gasteiger partial charge in [0, 0.05) is 18.2 Å². The molecule has 2 unspecified atom stereocenters. The number of nitrogens with zero attached hydrogens (tertiary/aromatic N) is 3. The van der Waals surface area contributed by atoms with Crippen LogP contribution in [0.2, 0.25) is 0 Å². The third-order valence-electron chi connectivity index (χ3n) is 3.89. The zero-order chi connectivity index (χ0) is 14.0. The number of hydrogen-bond donors (Lipinski definition) is 1. The SMILES string of the molecule is Cc1cc(C)n(C2CCCC(C#N)(NC(C)C)C2)n1. The summed E-state index contributed by atoms with van der Waals surface area (Å²) in [5.41, 5.74) is 1.87. The summed E-state index contributed by atoms with van der Waals surface area (Å²) in [5, 5.41) is 17.6. The second-order valence-electron chi connectivity index (χ2n) is 6.11. The summed E-state index contributed by atoms with van der Waals surface area (Å²) in [4.78, 5) is 0. The number of nitrogens with one attached hydrogen (secondary N) is 1. The molecule has 0 aromatic carbocycles. The maximum absolute atomic E-state index is 9.59. The Kier molecular flexibility index (Phi) is 3.96. The molecule has 1 aliphatic carbocycles. The predicted octanol–water partition coefficient (Wildman–Crippen LogP) is 2.88. The Hall–Kier alpha value is -1.34. The minimum Gasteiger partial charge on any atom is -0.297 e. The average molecular weight is 260 g/mol. The third-order valence-corrected chi connectivity index (χ3v) is 3.89. The molecule has 0 bridgehead atoms. The highest BCUT2D eigenvalue weighted by molar-refractivity contribution is 5.13. The van der Waals surface area contributed by atoms with Crippen LogP contribution in [0.4, 0.5) is 0 Å². The molecule has 2 rings (SSSR count). The molecule has 0 saturated heterocycles. The van der Waals surface area contributed by atoms with E-state index in [0.717, 1.165) is 31.4 Å². The lowest BCUT2D eigenvalue weighted by Crippen LogP contribution is -2.50. The fourth-order valence-electron chi connectivity index (χ4n) is 3.29. The molecule has 1 aliphatic rings. The second kappa shape index (κ2) is 5.34. The largest absolute Gasteiger partial charge is 0.297 e. The van der Waals surface area contributed by atoms with Gasteiger partial charge in [-0.2, -0.15) is 10.4 Å². The zero-order valence-corrected chi connectivity index (χ0v) is 12.4. The van der Waals surface area contributed by atoms with Crippen LogP contribution in [0.3, 0.4) is 0 Å². The van der Waals surface area contributed by atoms with Crippen molar-refractivity contribution in [3.63, 3.8) is 0 Å². The topological polar surface area (TPSA) is 53.6 Å². The molecule has 104 valence electrons. The Morgan fingerprint density at radius 3 is 2.79 bits per heavy atom. The van der Waals surface area contributed by atoms with Gasteiger partial charge in [0.25, 0.3) is 0 Å². The first-order valence-electron chi connectivity index (χ1n) is 7.17. The molecule has 1 aromatic rings. The number of aromatic nitrogens is 2. The van der Waals surface area contributed by atoms with E-state index in [-0.39, 0.29) is 5.54 Å². The van der Waals surface area contributed by atoms with Gasteiger partial charge in [-0.15, -0.1) is 0 Å². The van der Waals surface area contributed by atoms with Gasteiger partial charge in [-0.05, 0) is 53.0 Å². The molecule has 2 atom stereocenters. The van der Waals surface area contributed by atoms with Crippen LogP contribution in [0.5, 0.6) is 0 Å². The first kappa shape index (κ1) is 14.1. The smallest absolute Gasteiger partial charge is 0.109 e. The Morgan fingerprint density at radius 2 is 2.26 bits per heavy atom. The minimum absolute atomic E-state index is 0.332. The average Bonchev–Trinajstić information content (AvgIpc) is 2.68. The van der Waals surface area contributed by atoms with Gasteiger partial charge in [0.15, 0.2) is 0 Å². The van der Waals surface area contributed by atoms with Crippen molar-refractivity contribution in [2.45, 2.75) is 71.0 Å². The van der Waals surface area contributed by atoms with Gasteiger partial charge in [-0.3, -0.25) is 10.00 Å². The van der Waals surface area contributed by atoms with Crippen LogP contribution in [-0.4, -0.2) is 21.4 Å². The van der Waals surface area contributed by atoms with Crippen LogP contribution in [0.25, 0.3) is 0 Å². The minimum atomic E-state index is -0.386. The molecule has 4 nitrogen and oxygen atoms in total. The molecule has 0 radical (unpaired) electrons. The predicted molar refractivity (Wildman–Crippen MR) is 75.8 cm³/mol. The lowest BCUT2D eigenvalue weighted by atomic mass is 9.79. The van der Waals surface area contributed by atoms with Crippen molar-refractivity contribution >= 4 is 0 Å². The molecule has 0 aliphatic heterocycles. The van der Waals surface area contributed by atoms with Crippen molar-refractivity contribution in [3.05, 3.63) is 17.5 Å². The highest BCUT2D eigenvalue weighted by Gasteiger charge is 2.38. The van der Waals surface area contributed by atoms with Gasteiger partial charge in [-0.1, -0.05) is 0 Å². The number of hydrogen-bond acceptors (Lipinski definition) is 3. The third kappa shape index (κ3) is 2.98. The summed E-state index contributed by atoms with van der Waals surface area (Å²) in [6, 6.07) is 5.31.